The van der Waals surface area contributed by atoms with Crippen LogP contribution in [0.1, 0.15) is 28.6 Å². The Balaban J connectivity index is 1.65. The first-order valence-electron chi connectivity index (χ1n) is 11.8. The molecule has 8 heteroatoms. The van der Waals surface area contributed by atoms with Crippen LogP contribution in [0.25, 0.3) is 11.0 Å². The number of halogens is 2. The number of rotatable bonds is 8. The Morgan fingerprint density at radius 2 is 1.43 bits per heavy atom. The molecule has 5 nitrogen and oxygen atoms in total. The van der Waals surface area contributed by atoms with E-state index >= 15 is 8.78 Å². The van der Waals surface area contributed by atoms with Gasteiger partial charge in [-0.1, -0.05) is 90.5 Å². The SMILES string of the molecule is Cc1ccc(S(=O)(=O)NC(c2ccccc2)C(F)(F)c2nc3ccccc3n2Cc2ccccc2)cc1. The van der Waals surface area contributed by atoms with E-state index in [2.05, 4.69) is 9.71 Å². The Morgan fingerprint density at radius 1 is 0.838 bits per heavy atom. The van der Waals surface area contributed by atoms with E-state index in [9.17, 15) is 8.42 Å². The molecule has 0 aliphatic rings. The Labute approximate surface area is 214 Å². The average Bonchev–Trinajstić information content (AvgIpc) is 3.28. The van der Waals surface area contributed by atoms with Crippen LogP contribution in [0.4, 0.5) is 8.78 Å². The Morgan fingerprint density at radius 3 is 2.11 bits per heavy atom. The normalized spacial score (nSPS) is 13.1. The van der Waals surface area contributed by atoms with Gasteiger partial charge < -0.3 is 4.57 Å². The van der Waals surface area contributed by atoms with Crippen molar-refractivity contribution in [2.75, 3.05) is 0 Å². The fraction of sp³-hybridized carbons (Fsp3) is 0.138. The van der Waals surface area contributed by atoms with Crippen LogP contribution in [-0.4, -0.2) is 18.0 Å². The van der Waals surface area contributed by atoms with E-state index in [1.54, 1.807) is 54.6 Å². The van der Waals surface area contributed by atoms with Gasteiger partial charge in [-0.15, -0.1) is 0 Å². The predicted molar refractivity (Wildman–Crippen MR) is 140 cm³/mol. The minimum atomic E-state index is -4.28. The lowest BCUT2D eigenvalue weighted by molar-refractivity contribution is -0.0489. The molecule has 1 heterocycles. The lowest BCUT2D eigenvalue weighted by Crippen LogP contribution is -2.40. The van der Waals surface area contributed by atoms with Crippen LogP contribution in [-0.2, 0) is 22.5 Å². The minimum absolute atomic E-state index is 0.0902. The van der Waals surface area contributed by atoms with Crippen LogP contribution in [0.3, 0.4) is 0 Å². The number of imidazole rings is 1. The molecule has 1 unspecified atom stereocenters. The van der Waals surface area contributed by atoms with Gasteiger partial charge in [-0.3, -0.25) is 0 Å². The van der Waals surface area contributed by atoms with Crippen molar-refractivity contribution in [3.05, 3.63) is 132 Å². The van der Waals surface area contributed by atoms with E-state index in [1.807, 2.05) is 37.3 Å². The number of nitrogens with zero attached hydrogens (tertiary/aromatic N) is 2. The van der Waals surface area contributed by atoms with Crippen LogP contribution in [0.5, 0.6) is 0 Å². The topological polar surface area (TPSA) is 64.0 Å². The second-order valence-electron chi connectivity index (χ2n) is 8.90. The summed E-state index contributed by atoms with van der Waals surface area (Å²) in [6.07, 6.45) is 0. The molecule has 5 rings (SSSR count). The maximum absolute atomic E-state index is 16.6. The molecule has 0 aliphatic carbocycles. The van der Waals surface area contributed by atoms with Crippen molar-refractivity contribution in [1.82, 2.24) is 14.3 Å². The fourth-order valence-corrected chi connectivity index (χ4v) is 5.55. The molecule has 188 valence electrons. The number of fused-ring (bicyclic) bond motifs is 1. The van der Waals surface area contributed by atoms with E-state index in [0.29, 0.717) is 11.0 Å². The zero-order valence-corrected chi connectivity index (χ0v) is 20.9. The first-order chi connectivity index (χ1) is 17.8. The Bertz CT molecular complexity index is 1620. The lowest BCUT2D eigenvalue weighted by Gasteiger charge is -2.28. The molecule has 1 atom stereocenters. The van der Waals surface area contributed by atoms with E-state index in [1.165, 1.54) is 28.8 Å². The average molecular weight is 518 g/mol. The molecule has 0 saturated heterocycles. The molecule has 0 radical (unpaired) electrons. The Kier molecular flexibility index (Phi) is 6.62. The van der Waals surface area contributed by atoms with Crippen molar-refractivity contribution in [1.29, 1.82) is 0 Å². The number of sulfonamides is 1. The minimum Gasteiger partial charge on any atom is -0.318 e. The van der Waals surface area contributed by atoms with E-state index in [0.717, 1.165) is 11.1 Å². The van der Waals surface area contributed by atoms with Crippen molar-refractivity contribution in [3.8, 4) is 0 Å². The molecule has 4 aromatic carbocycles. The summed E-state index contributed by atoms with van der Waals surface area (Å²) in [5.41, 5.74) is 2.75. The Hall–Kier alpha value is -3.88. The van der Waals surface area contributed by atoms with Gasteiger partial charge in [-0.25, -0.2) is 13.4 Å². The molecule has 1 aromatic heterocycles. The van der Waals surface area contributed by atoms with Crippen LogP contribution in [0.2, 0.25) is 0 Å². The summed E-state index contributed by atoms with van der Waals surface area (Å²) in [5.74, 6) is -4.22. The van der Waals surface area contributed by atoms with Gasteiger partial charge >= 0.3 is 5.92 Å². The number of hydrogen-bond donors (Lipinski definition) is 1. The van der Waals surface area contributed by atoms with Gasteiger partial charge in [0.25, 0.3) is 0 Å². The third-order valence-corrected chi connectivity index (χ3v) is 7.67. The molecule has 5 aromatic rings. The second-order valence-corrected chi connectivity index (χ2v) is 10.6. The highest BCUT2D eigenvalue weighted by atomic mass is 32.2. The van der Waals surface area contributed by atoms with Crippen LogP contribution in [0, 0.1) is 6.92 Å². The molecule has 37 heavy (non-hydrogen) atoms. The van der Waals surface area contributed by atoms with Gasteiger partial charge in [0, 0.05) is 6.54 Å². The summed E-state index contributed by atoms with van der Waals surface area (Å²) in [6, 6.07) is 28.2. The van der Waals surface area contributed by atoms with E-state index < -0.39 is 27.8 Å². The summed E-state index contributed by atoms with van der Waals surface area (Å²) in [7, 11) is -4.28. The van der Waals surface area contributed by atoms with Crippen molar-refractivity contribution in [2.24, 2.45) is 0 Å². The van der Waals surface area contributed by atoms with Crippen LogP contribution in [0.15, 0.2) is 114 Å². The summed E-state index contributed by atoms with van der Waals surface area (Å²) in [5, 5.41) is 0. The van der Waals surface area contributed by atoms with Crippen molar-refractivity contribution >= 4 is 21.1 Å². The number of alkyl halides is 2. The number of hydrogen-bond acceptors (Lipinski definition) is 3. The maximum Gasteiger partial charge on any atom is 0.324 e. The largest absolute Gasteiger partial charge is 0.324 e. The van der Waals surface area contributed by atoms with Gasteiger partial charge in [0.05, 0.1) is 15.9 Å². The molecular formula is C29H25F2N3O2S. The summed E-state index contributed by atoms with van der Waals surface area (Å²) in [6.45, 7) is 1.97. The summed E-state index contributed by atoms with van der Waals surface area (Å²) < 4.78 is 63.5. The van der Waals surface area contributed by atoms with Gasteiger partial charge in [0.15, 0.2) is 5.82 Å². The smallest absolute Gasteiger partial charge is 0.318 e. The molecule has 1 N–H and O–H groups in total. The molecule has 0 aliphatic heterocycles. The van der Waals surface area contributed by atoms with Crippen molar-refractivity contribution in [3.63, 3.8) is 0 Å². The highest BCUT2D eigenvalue weighted by Gasteiger charge is 2.48. The number of benzene rings is 4. The van der Waals surface area contributed by atoms with E-state index in [-0.39, 0.29) is 17.0 Å². The zero-order chi connectivity index (χ0) is 26.0. The monoisotopic (exact) mass is 517 g/mol. The van der Waals surface area contributed by atoms with Gasteiger partial charge in [-0.2, -0.15) is 13.5 Å². The molecule has 0 spiro atoms. The predicted octanol–water partition coefficient (Wildman–Crippen LogP) is 6.20. The number of aromatic nitrogens is 2. The maximum atomic E-state index is 16.6. The molecule has 0 amide bonds. The van der Waals surface area contributed by atoms with Crippen molar-refractivity contribution in [2.45, 2.75) is 30.3 Å². The zero-order valence-electron chi connectivity index (χ0n) is 20.1. The first-order valence-corrected chi connectivity index (χ1v) is 13.3. The molecular weight excluding hydrogens is 492 g/mol. The number of para-hydroxylation sites is 2. The first kappa shape index (κ1) is 24.8. The summed E-state index contributed by atoms with van der Waals surface area (Å²) in [4.78, 5) is 4.23. The van der Waals surface area contributed by atoms with E-state index in [4.69, 9.17) is 0 Å². The highest BCUT2D eigenvalue weighted by molar-refractivity contribution is 7.89. The van der Waals surface area contributed by atoms with Gasteiger partial charge in [-0.05, 0) is 42.3 Å². The second kappa shape index (κ2) is 9.88. The van der Waals surface area contributed by atoms with Gasteiger partial charge in [0.2, 0.25) is 10.0 Å². The standard InChI is InChI=1S/C29H25F2N3O2S/c1-21-16-18-24(19-17-21)37(35,36)33-27(23-12-6-3-7-13-23)29(30,31)28-32-25-14-8-9-15-26(25)34(28)20-22-10-4-2-5-11-22/h2-19,27,33H,20H2,1H3. The third kappa shape index (κ3) is 5.03. The lowest BCUT2D eigenvalue weighted by atomic mass is 10.0. The van der Waals surface area contributed by atoms with Gasteiger partial charge in [0.1, 0.15) is 6.04 Å². The van der Waals surface area contributed by atoms with Crippen molar-refractivity contribution < 1.29 is 17.2 Å². The number of aryl methyl sites for hydroxylation is 1. The molecule has 0 saturated carbocycles. The summed E-state index contributed by atoms with van der Waals surface area (Å²) >= 11 is 0. The number of nitrogens with one attached hydrogen (secondary N) is 1. The third-order valence-electron chi connectivity index (χ3n) is 6.24. The molecule has 0 fully saturated rings. The molecule has 0 bridgehead atoms. The highest BCUT2D eigenvalue weighted by Crippen LogP contribution is 2.42. The van der Waals surface area contributed by atoms with Crippen LogP contribution < -0.4 is 4.72 Å². The van der Waals surface area contributed by atoms with Crippen LogP contribution >= 0.6 is 0 Å². The quantitative estimate of drug-likeness (QED) is 0.266. The fourth-order valence-electron chi connectivity index (χ4n) is 4.32.